The number of aromatic nitrogens is 5. The molecule has 0 unspecified atom stereocenters. The molecule has 0 aliphatic carbocycles. The van der Waals surface area contributed by atoms with Crippen LogP contribution in [-0.4, -0.2) is 30.6 Å². The number of rotatable bonds is 5. The molecule has 0 atom stereocenters. The van der Waals surface area contributed by atoms with Crippen molar-refractivity contribution in [3.63, 3.8) is 0 Å². The van der Waals surface area contributed by atoms with Gasteiger partial charge < -0.3 is 5.32 Å². The Labute approximate surface area is 150 Å². The summed E-state index contributed by atoms with van der Waals surface area (Å²) >= 11 is 0. The maximum atomic E-state index is 10.8. The number of hydrogen-bond acceptors (Lipinski definition) is 4. The van der Waals surface area contributed by atoms with Gasteiger partial charge in [-0.3, -0.25) is 18.9 Å². The van der Waals surface area contributed by atoms with E-state index in [2.05, 4.69) is 22.2 Å². The highest BCUT2D eigenvalue weighted by atomic mass is 16.1. The molecule has 4 rings (SSSR count). The fourth-order valence-electron chi connectivity index (χ4n) is 2.97. The minimum Gasteiger partial charge on any atom is -0.313 e. The monoisotopic (exact) mass is 346 g/mol. The van der Waals surface area contributed by atoms with Crippen LogP contribution < -0.4 is 5.32 Å². The van der Waals surface area contributed by atoms with Crippen LogP contribution in [0, 0.1) is 6.92 Å². The quantitative estimate of drug-likeness (QED) is 0.563. The van der Waals surface area contributed by atoms with Gasteiger partial charge in [0.25, 0.3) is 0 Å². The molecule has 4 aromatic rings. The minimum atomic E-state index is 0.620. The van der Waals surface area contributed by atoms with Crippen LogP contribution in [0.4, 0.5) is 5.82 Å². The van der Waals surface area contributed by atoms with Crippen LogP contribution in [0.2, 0.25) is 0 Å². The Morgan fingerprint density at radius 3 is 2.85 bits per heavy atom. The van der Waals surface area contributed by atoms with Gasteiger partial charge in [-0.2, -0.15) is 5.10 Å². The largest absolute Gasteiger partial charge is 0.313 e. The van der Waals surface area contributed by atoms with E-state index in [-0.39, 0.29) is 0 Å². The molecule has 0 aliphatic heterocycles. The summed E-state index contributed by atoms with van der Waals surface area (Å²) < 4.78 is 3.75. The number of nitrogens with zero attached hydrogens (tertiary/aromatic N) is 5. The average molecular weight is 346 g/mol. The molecule has 0 aromatic carbocycles. The van der Waals surface area contributed by atoms with E-state index in [4.69, 9.17) is 5.10 Å². The Hall–Kier alpha value is -3.48. The van der Waals surface area contributed by atoms with E-state index in [1.807, 2.05) is 58.7 Å². The maximum absolute atomic E-state index is 10.8. The number of imidazole rings is 1. The summed E-state index contributed by atoms with van der Waals surface area (Å²) in [6.07, 6.45) is 6.24. The summed E-state index contributed by atoms with van der Waals surface area (Å²) in [5, 5.41) is 7.37. The van der Waals surface area contributed by atoms with Crippen LogP contribution in [0.5, 0.6) is 0 Å². The lowest BCUT2D eigenvalue weighted by molar-refractivity contribution is -0.105. The fourth-order valence-corrected chi connectivity index (χ4v) is 2.97. The zero-order valence-corrected chi connectivity index (χ0v) is 14.5. The number of fused-ring (bicyclic) bond motifs is 1. The van der Waals surface area contributed by atoms with Crippen molar-refractivity contribution >= 4 is 17.9 Å². The highest BCUT2D eigenvalue weighted by Crippen LogP contribution is 2.31. The van der Waals surface area contributed by atoms with Crippen molar-refractivity contribution < 1.29 is 4.79 Å². The zero-order valence-electron chi connectivity index (χ0n) is 14.5. The lowest BCUT2D eigenvalue weighted by Crippen LogP contribution is -1.98. The first-order valence-corrected chi connectivity index (χ1v) is 8.38. The predicted molar refractivity (Wildman–Crippen MR) is 99.7 cm³/mol. The number of amides is 1. The molecule has 1 N–H and O–H groups in total. The van der Waals surface area contributed by atoms with E-state index < -0.39 is 0 Å². The molecule has 1 amide bonds. The summed E-state index contributed by atoms with van der Waals surface area (Å²) in [6, 6.07) is 9.84. The molecule has 26 heavy (non-hydrogen) atoms. The molecule has 7 heteroatoms. The first-order chi connectivity index (χ1) is 12.7. The first-order valence-electron chi connectivity index (χ1n) is 8.38. The van der Waals surface area contributed by atoms with Crippen molar-refractivity contribution in [2.24, 2.45) is 0 Å². The fraction of sp³-hybridized carbons (Fsp3) is 0.158. The second kappa shape index (κ2) is 6.44. The Morgan fingerprint density at radius 1 is 1.19 bits per heavy atom. The topological polar surface area (TPSA) is 77.1 Å². The second-order valence-electron chi connectivity index (χ2n) is 5.96. The van der Waals surface area contributed by atoms with Gasteiger partial charge >= 0.3 is 0 Å². The van der Waals surface area contributed by atoms with Gasteiger partial charge in [-0.1, -0.05) is 6.07 Å². The van der Waals surface area contributed by atoms with Gasteiger partial charge in [-0.25, -0.2) is 4.98 Å². The van der Waals surface area contributed by atoms with Gasteiger partial charge in [0.05, 0.1) is 11.9 Å². The molecule has 0 aliphatic rings. The summed E-state index contributed by atoms with van der Waals surface area (Å²) in [5.41, 5.74) is 5.34. The normalized spacial score (nSPS) is 11.0. The number of nitrogens with one attached hydrogen (secondary N) is 1. The number of pyridine rings is 2. The lowest BCUT2D eigenvalue weighted by atomic mass is 10.1. The van der Waals surface area contributed by atoms with Crippen LogP contribution >= 0.6 is 0 Å². The molecular weight excluding hydrogens is 328 g/mol. The Kier molecular flexibility index (Phi) is 3.96. The van der Waals surface area contributed by atoms with Gasteiger partial charge in [-0.05, 0) is 38.1 Å². The van der Waals surface area contributed by atoms with Crippen LogP contribution in [0.3, 0.4) is 0 Å². The molecule has 130 valence electrons. The first kappa shape index (κ1) is 16.0. The molecule has 0 radical (unpaired) electrons. The van der Waals surface area contributed by atoms with Crippen LogP contribution in [-0.2, 0) is 11.3 Å². The van der Waals surface area contributed by atoms with E-state index in [0.29, 0.717) is 12.2 Å². The maximum Gasteiger partial charge on any atom is 0.212 e. The van der Waals surface area contributed by atoms with Gasteiger partial charge in [0.2, 0.25) is 6.41 Å². The van der Waals surface area contributed by atoms with Crippen molar-refractivity contribution in [1.29, 1.82) is 0 Å². The summed E-state index contributed by atoms with van der Waals surface area (Å²) in [5.74, 6) is 0.620. The minimum absolute atomic E-state index is 0.620. The SMILES string of the molecule is CCn1cc(-c2ccc3ncc(NC=O)n3c2)c(-c2cccc(C)n2)n1. The predicted octanol–water partition coefficient (Wildman–Crippen LogP) is 3.16. The number of carbonyl (C=O) groups excluding carboxylic acids is 1. The van der Waals surface area contributed by atoms with Crippen LogP contribution in [0.25, 0.3) is 28.2 Å². The lowest BCUT2D eigenvalue weighted by Gasteiger charge is -2.05. The highest BCUT2D eigenvalue weighted by molar-refractivity contribution is 5.80. The van der Waals surface area contributed by atoms with Crippen molar-refractivity contribution in [2.45, 2.75) is 20.4 Å². The molecule has 4 aromatic heterocycles. The standard InChI is InChI=1S/C19H18N6O/c1-3-24-11-15(19(23-24)16-6-4-5-13(2)22-16)14-7-8-17-20-9-18(21-12-26)25(17)10-14/h4-12H,3H2,1-2H3,(H,21,26). The summed E-state index contributed by atoms with van der Waals surface area (Å²) in [6.45, 7) is 4.79. The van der Waals surface area contributed by atoms with Crippen LogP contribution in [0.15, 0.2) is 48.9 Å². The highest BCUT2D eigenvalue weighted by Gasteiger charge is 2.15. The number of anilines is 1. The third kappa shape index (κ3) is 2.73. The summed E-state index contributed by atoms with van der Waals surface area (Å²) in [7, 11) is 0. The van der Waals surface area contributed by atoms with Crippen LogP contribution in [0.1, 0.15) is 12.6 Å². The van der Waals surface area contributed by atoms with Gasteiger partial charge in [0, 0.05) is 35.8 Å². The average Bonchev–Trinajstić information content (AvgIpc) is 3.26. The van der Waals surface area contributed by atoms with E-state index in [1.165, 1.54) is 0 Å². The van der Waals surface area contributed by atoms with E-state index in [9.17, 15) is 4.79 Å². The Balaban J connectivity index is 1.89. The summed E-state index contributed by atoms with van der Waals surface area (Å²) in [4.78, 5) is 19.7. The Bertz CT molecular complexity index is 1090. The van der Waals surface area contributed by atoms with Crippen molar-refractivity contribution in [3.05, 3.63) is 54.6 Å². The molecule has 0 saturated heterocycles. The molecule has 7 nitrogen and oxygen atoms in total. The third-order valence-corrected chi connectivity index (χ3v) is 4.24. The van der Waals surface area contributed by atoms with Crippen molar-refractivity contribution in [1.82, 2.24) is 24.1 Å². The molecular formula is C19H18N6O. The van der Waals surface area contributed by atoms with Crippen molar-refractivity contribution in [3.8, 4) is 22.5 Å². The van der Waals surface area contributed by atoms with Gasteiger partial charge in [0.1, 0.15) is 17.2 Å². The van der Waals surface area contributed by atoms with Gasteiger partial charge in [-0.15, -0.1) is 0 Å². The second-order valence-corrected chi connectivity index (χ2v) is 5.96. The molecule has 4 heterocycles. The number of carbonyl (C=O) groups is 1. The molecule has 0 spiro atoms. The third-order valence-electron chi connectivity index (χ3n) is 4.24. The van der Waals surface area contributed by atoms with E-state index in [0.717, 1.165) is 40.4 Å². The van der Waals surface area contributed by atoms with Gasteiger partial charge in [0.15, 0.2) is 0 Å². The van der Waals surface area contributed by atoms with E-state index in [1.54, 1.807) is 6.20 Å². The molecule has 0 bridgehead atoms. The molecule has 0 saturated carbocycles. The van der Waals surface area contributed by atoms with Crippen molar-refractivity contribution in [2.75, 3.05) is 5.32 Å². The number of hydrogen-bond donors (Lipinski definition) is 1. The molecule has 0 fully saturated rings. The zero-order chi connectivity index (χ0) is 18.1. The Morgan fingerprint density at radius 2 is 2.08 bits per heavy atom. The van der Waals surface area contributed by atoms with E-state index >= 15 is 0 Å². The number of aryl methyl sites for hydroxylation is 2. The smallest absolute Gasteiger partial charge is 0.212 e.